The molecule has 0 spiro atoms. The van der Waals surface area contributed by atoms with E-state index in [1.54, 1.807) is 7.11 Å². The van der Waals surface area contributed by atoms with Crippen molar-refractivity contribution in [2.75, 3.05) is 25.6 Å². The number of thiocarbonyl (C=S) groups is 1. The number of nitrogens with one attached hydrogen (secondary N) is 2. The fourth-order valence-electron chi connectivity index (χ4n) is 4.02. The molecule has 6 nitrogen and oxygen atoms in total. The smallest absolute Gasteiger partial charge is 0.253 e. The van der Waals surface area contributed by atoms with Gasteiger partial charge in [0.2, 0.25) is 0 Å². The van der Waals surface area contributed by atoms with E-state index in [1.165, 1.54) is 0 Å². The molecule has 1 atom stereocenters. The maximum Gasteiger partial charge on any atom is 0.253 e. The SMILES string of the molecule is COc1ccc(NC(=S)N(Cc2cc3ccc(C)c(C)c3[nH]c2=O)C[C@H]2CCCO2)cc1. The average molecular weight is 452 g/mol. The molecule has 2 heterocycles. The van der Waals surface area contributed by atoms with Gasteiger partial charge in [0.1, 0.15) is 5.75 Å². The molecule has 4 rings (SSSR count). The third-order valence-electron chi connectivity index (χ3n) is 6.07. The second-order valence-corrected chi connectivity index (χ2v) is 8.66. The number of aryl methyl sites for hydroxylation is 2. The molecule has 168 valence electrons. The molecule has 0 saturated carbocycles. The predicted octanol–water partition coefficient (Wildman–Crippen LogP) is 4.53. The van der Waals surface area contributed by atoms with Crippen molar-refractivity contribution in [1.29, 1.82) is 0 Å². The lowest BCUT2D eigenvalue weighted by molar-refractivity contribution is 0.0904. The number of benzene rings is 2. The van der Waals surface area contributed by atoms with Crippen molar-refractivity contribution >= 4 is 33.9 Å². The van der Waals surface area contributed by atoms with Crippen molar-refractivity contribution in [2.24, 2.45) is 0 Å². The molecule has 1 aliphatic heterocycles. The lowest BCUT2D eigenvalue weighted by Gasteiger charge is -2.28. The van der Waals surface area contributed by atoms with Gasteiger partial charge in [0.05, 0.1) is 25.3 Å². The summed E-state index contributed by atoms with van der Waals surface area (Å²) in [5.74, 6) is 0.783. The first kappa shape index (κ1) is 22.3. The number of H-pyrrole nitrogens is 1. The van der Waals surface area contributed by atoms with Gasteiger partial charge in [0.25, 0.3) is 5.56 Å². The maximum absolute atomic E-state index is 12.9. The number of methoxy groups -OCH3 is 1. The molecule has 0 unspecified atom stereocenters. The summed E-state index contributed by atoms with van der Waals surface area (Å²) in [6.45, 7) is 5.89. The number of rotatable bonds is 6. The van der Waals surface area contributed by atoms with Crippen LogP contribution in [0.3, 0.4) is 0 Å². The maximum atomic E-state index is 12.9. The molecule has 0 amide bonds. The zero-order valence-electron chi connectivity index (χ0n) is 18.7. The summed E-state index contributed by atoms with van der Waals surface area (Å²) in [6, 6.07) is 13.7. The summed E-state index contributed by atoms with van der Waals surface area (Å²) in [7, 11) is 1.64. The summed E-state index contributed by atoms with van der Waals surface area (Å²) in [6.07, 6.45) is 2.15. The number of aromatic nitrogens is 1. The average Bonchev–Trinajstić information content (AvgIpc) is 3.30. The largest absolute Gasteiger partial charge is 0.497 e. The third-order valence-corrected chi connectivity index (χ3v) is 6.43. The van der Waals surface area contributed by atoms with Gasteiger partial charge in [-0.3, -0.25) is 4.79 Å². The van der Waals surface area contributed by atoms with E-state index in [-0.39, 0.29) is 11.7 Å². The van der Waals surface area contributed by atoms with E-state index < -0.39 is 0 Å². The van der Waals surface area contributed by atoms with Crippen LogP contribution in [0.1, 0.15) is 29.5 Å². The Balaban J connectivity index is 1.59. The second-order valence-electron chi connectivity index (χ2n) is 8.27. The van der Waals surface area contributed by atoms with Crippen LogP contribution in [0, 0.1) is 13.8 Å². The topological polar surface area (TPSA) is 66.6 Å². The summed E-state index contributed by atoms with van der Waals surface area (Å²) >= 11 is 5.75. The van der Waals surface area contributed by atoms with Gasteiger partial charge in [-0.2, -0.15) is 0 Å². The fraction of sp³-hybridized carbons (Fsp3) is 0.360. The Morgan fingerprint density at radius 3 is 2.72 bits per heavy atom. The van der Waals surface area contributed by atoms with Crippen molar-refractivity contribution in [1.82, 2.24) is 9.88 Å². The van der Waals surface area contributed by atoms with Crippen LogP contribution >= 0.6 is 12.2 Å². The Hall–Kier alpha value is -2.90. The highest BCUT2D eigenvalue weighted by atomic mass is 32.1. The summed E-state index contributed by atoms with van der Waals surface area (Å²) in [5.41, 5.74) is 4.60. The minimum Gasteiger partial charge on any atom is -0.497 e. The number of pyridine rings is 1. The van der Waals surface area contributed by atoms with Crippen LogP contribution < -0.4 is 15.6 Å². The monoisotopic (exact) mass is 451 g/mol. The standard InChI is InChI=1S/C25H29N3O3S/c1-16-6-7-18-13-19(24(29)27-23(18)17(16)2)14-28(15-22-5-4-12-31-22)25(32)26-20-8-10-21(30-3)11-9-20/h6-11,13,22H,4-5,12,14-15H2,1-3H3,(H,26,32)(H,27,29)/t22-/m1/s1. The molecule has 0 bridgehead atoms. The Bertz CT molecular complexity index is 1170. The molecule has 7 heteroatoms. The number of aromatic amines is 1. The number of fused-ring (bicyclic) bond motifs is 1. The van der Waals surface area contributed by atoms with E-state index in [2.05, 4.69) is 22.4 Å². The molecule has 1 fully saturated rings. The van der Waals surface area contributed by atoms with Crippen LogP contribution in [0.5, 0.6) is 5.75 Å². The Morgan fingerprint density at radius 2 is 2.03 bits per heavy atom. The molecular formula is C25H29N3O3S. The Labute approximate surface area is 193 Å². The summed E-state index contributed by atoms with van der Waals surface area (Å²) < 4.78 is 11.1. The molecular weight excluding hydrogens is 422 g/mol. The molecule has 0 radical (unpaired) electrons. The number of anilines is 1. The highest BCUT2D eigenvalue weighted by Crippen LogP contribution is 2.21. The van der Waals surface area contributed by atoms with E-state index in [4.69, 9.17) is 21.7 Å². The van der Waals surface area contributed by atoms with Crippen molar-refractivity contribution < 1.29 is 9.47 Å². The molecule has 2 N–H and O–H groups in total. The van der Waals surface area contributed by atoms with Gasteiger partial charge in [-0.1, -0.05) is 12.1 Å². The van der Waals surface area contributed by atoms with E-state index >= 15 is 0 Å². The molecule has 1 aromatic heterocycles. The van der Waals surface area contributed by atoms with Gasteiger partial charge in [-0.25, -0.2) is 0 Å². The third kappa shape index (κ3) is 4.95. The van der Waals surface area contributed by atoms with Crippen molar-refractivity contribution in [3.8, 4) is 5.75 Å². The Morgan fingerprint density at radius 1 is 1.25 bits per heavy atom. The number of hydrogen-bond donors (Lipinski definition) is 2. The fourth-order valence-corrected chi connectivity index (χ4v) is 4.28. The van der Waals surface area contributed by atoms with Gasteiger partial charge in [-0.05, 0) is 85.8 Å². The van der Waals surface area contributed by atoms with Gasteiger partial charge in [0.15, 0.2) is 5.11 Å². The zero-order chi connectivity index (χ0) is 22.7. The van der Waals surface area contributed by atoms with Crippen LogP contribution in [0.2, 0.25) is 0 Å². The summed E-state index contributed by atoms with van der Waals surface area (Å²) in [5, 5.41) is 4.88. The lowest BCUT2D eigenvalue weighted by Crippen LogP contribution is -2.40. The summed E-state index contributed by atoms with van der Waals surface area (Å²) in [4.78, 5) is 18.0. The van der Waals surface area contributed by atoms with Gasteiger partial charge < -0.3 is 24.7 Å². The van der Waals surface area contributed by atoms with Gasteiger partial charge >= 0.3 is 0 Å². The first-order valence-corrected chi connectivity index (χ1v) is 11.3. The highest BCUT2D eigenvalue weighted by molar-refractivity contribution is 7.80. The molecule has 0 aliphatic carbocycles. The zero-order valence-corrected chi connectivity index (χ0v) is 19.6. The van der Waals surface area contributed by atoms with Crippen LogP contribution in [0.4, 0.5) is 5.69 Å². The molecule has 32 heavy (non-hydrogen) atoms. The van der Waals surface area contributed by atoms with E-state index in [0.717, 1.165) is 52.9 Å². The van der Waals surface area contributed by atoms with Crippen molar-refractivity contribution in [3.05, 3.63) is 69.5 Å². The lowest BCUT2D eigenvalue weighted by atomic mass is 10.0. The minimum atomic E-state index is -0.0872. The number of ether oxygens (including phenoxy) is 2. The molecule has 1 aliphatic rings. The van der Waals surface area contributed by atoms with Crippen LogP contribution in [0.25, 0.3) is 10.9 Å². The predicted molar refractivity (Wildman–Crippen MR) is 133 cm³/mol. The van der Waals surface area contributed by atoms with Gasteiger partial charge in [-0.15, -0.1) is 0 Å². The van der Waals surface area contributed by atoms with E-state index in [1.807, 2.05) is 49.1 Å². The molecule has 1 saturated heterocycles. The van der Waals surface area contributed by atoms with E-state index in [0.29, 0.717) is 23.8 Å². The first-order valence-electron chi connectivity index (χ1n) is 10.9. The van der Waals surface area contributed by atoms with Crippen LogP contribution in [-0.2, 0) is 11.3 Å². The molecule has 2 aromatic carbocycles. The van der Waals surface area contributed by atoms with E-state index in [9.17, 15) is 4.79 Å². The normalized spacial score (nSPS) is 15.7. The number of hydrogen-bond acceptors (Lipinski definition) is 4. The highest BCUT2D eigenvalue weighted by Gasteiger charge is 2.22. The minimum absolute atomic E-state index is 0.0872. The first-order chi connectivity index (χ1) is 15.4. The second kappa shape index (κ2) is 9.71. The number of nitrogens with zero attached hydrogens (tertiary/aromatic N) is 1. The van der Waals surface area contributed by atoms with Crippen LogP contribution in [0.15, 0.2) is 47.3 Å². The van der Waals surface area contributed by atoms with Crippen molar-refractivity contribution in [2.45, 2.75) is 39.3 Å². The van der Waals surface area contributed by atoms with Crippen LogP contribution in [-0.4, -0.2) is 41.4 Å². The Kier molecular flexibility index (Phi) is 6.77. The molecule has 3 aromatic rings. The quantitative estimate of drug-likeness (QED) is 0.537. The van der Waals surface area contributed by atoms with Crippen molar-refractivity contribution in [3.63, 3.8) is 0 Å². The van der Waals surface area contributed by atoms with Gasteiger partial charge in [0, 0.05) is 24.4 Å².